The van der Waals surface area contributed by atoms with Gasteiger partial charge in [-0.15, -0.1) is 0 Å². The lowest BCUT2D eigenvalue weighted by Gasteiger charge is -2.36. The van der Waals surface area contributed by atoms with Crippen LogP contribution in [-0.2, 0) is 14.3 Å². The molecule has 1 aliphatic heterocycles. The molecule has 136 valence electrons. The molecular formula is C18H26N3O4+. The zero-order valence-electron chi connectivity index (χ0n) is 15.0. The molecule has 1 fully saturated rings. The SMILES string of the molecule is CC(C)C(=O)Oc1ccccc1C=NNC(=O)C[N+]1(C)CCOCC1. The molecule has 1 saturated heterocycles. The van der Waals surface area contributed by atoms with Crippen LogP contribution >= 0.6 is 0 Å². The van der Waals surface area contributed by atoms with E-state index < -0.39 is 0 Å². The summed E-state index contributed by atoms with van der Waals surface area (Å²) in [4.78, 5) is 23.8. The number of hydrogen-bond acceptors (Lipinski definition) is 5. The Hall–Kier alpha value is -2.25. The largest absolute Gasteiger partial charge is 0.426 e. The van der Waals surface area contributed by atoms with Gasteiger partial charge in [-0.05, 0) is 12.1 Å². The van der Waals surface area contributed by atoms with Crippen molar-refractivity contribution in [1.82, 2.24) is 5.43 Å². The fourth-order valence-electron chi connectivity index (χ4n) is 2.40. The Labute approximate surface area is 148 Å². The molecule has 0 atom stereocenters. The van der Waals surface area contributed by atoms with Crippen molar-refractivity contribution in [3.63, 3.8) is 0 Å². The lowest BCUT2D eigenvalue weighted by molar-refractivity contribution is -0.909. The van der Waals surface area contributed by atoms with E-state index in [1.807, 2.05) is 13.1 Å². The highest BCUT2D eigenvalue weighted by Gasteiger charge is 2.28. The van der Waals surface area contributed by atoms with Crippen LogP contribution in [0, 0.1) is 5.92 Å². The number of carbonyl (C=O) groups is 2. The Balaban J connectivity index is 1.93. The van der Waals surface area contributed by atoms with E-state index in [-0.39, 0.29) is 17.8 Å². The van der Waals surface area contributed by atoms with Crippen LogP contribution in [0.5, 0.6) is 5.75 Å². The van der Waals surface area contributed by atoms with Gasteiger partial charge in [0.05, 0.1) is 32.4 Å². The van der Waals surface area contributed by atoms with Gasteiger partial charge >= 0.3 is 5.97 Å². The molecule has 7 heteroatoms. The quantitative estimate of drug-likeness (QED) is 0.275. The van der Waals surface area contributed by atoms with Gasteiger partial charge in [-0.25, -0.2) is 5.43 Å². The van der Waals surface area contributed by atoms with Gasteiger partial charge < -0.3 is 14.0 Å². The highest BCUT2D eigenvalue weighted by atomic mass is 16.5. The molecular weight excluding hydrogens is 322 g/mol. The first-order valence-electron chi connectivity index (χ1n) is 8.43. The van der Waals surface area contributed by atoms with Crippen LogP contribution in [0.3, 0.4) is 0 Å². The van der Waals surface area contributed by atoms with Crippen molar-refractivity contribution in [2.45, 2.75) is 13.8 Å². The van der Waals surface area contributed by atoms with Crippen LogP contribution in [0.4, 0.5) is 0 Å². The first kappa shape index (κ1) is 19.1. The molecule has 0 radical (unpaired) electrons. The number of hydrazone groups is 1. The van der Waals surface area contributed by atoms with E-state index >= 15 is 0 Å². The summed E-state index contributed by atoms with van der Waals surface area (Å²) in [6, 6.07) is 7.07. The Morgan fingerprint density at radius 3 is 2.68 bits per heavy atom. The minimum absolute atomic E-state index is 0.155. The highest BCUT2D eigenvalue weighted by molar-refractivity contribution is 5.87. The van der Waals surface area contributed by atoms with E-state index in [9.17, 15) is 9.59 Å². The summed E-state index contributed by atoms with van der Waals surface area (Å²) in [5, 5.41) is 3.99. The molecule has 1 aromatic carbocycles. The smallest absolute Gasteiger partial charge is 0.313 e. The number of nitrogens with one attached hydrogen (secondary N) is 1. The average Bonchev–Trinajstić information content (AvgIpc) is 2.56. The van der Waals surface area contributed by atoms with E-state index in [1.165, 1.54) is 6.21 Å². The van der Waals surface area contributed by atoms with E-state index in [0.717, 1.165) is 13.1 Å². The molecule has 1 aliphatic rings. The number of benzene rings is 1. The summed E-state index contributed by atoms with van der Waals surface area (Å²) in [5.41, 5.74) is 3.17. The summed E-state index contributed by atoms with van der Waals surface area (Å²) in [6.45, 7) is 6.85. The second kappa shape index (κ2) is 8.73. The van der Waals surface area contributed by atoms with Crippen molar-refractivity contribution < 1.29 is 23.5 Å². The Bertz CT molecular complexity index is 637. The zero-order valence-corrected chi connectivity index (χ0v) is 15.0. The van der Waals surface area contributed by atoms with Gasteiger partial charge in [0.25, 0.3) is 5.91 Å². The molecule has 2 rings (SSSR count). The molecule has 0 unspecified atom stereocenters. The first-order chi connectivity index (χ1) is 11.9. The third kappa shape index (κ3) is 5.95. The average molecular weight is 348 g/mol. The maximum atomic E-state index is 12.1. The number of hydrogen-bond donors (Lipinski definition) is 1. The highest BCUT2D eigenvalue weighted by Crippen LogP contribution is 2.17. The predicted molar refractivity (Wildman–Crippen MR) is 94.3 cm³/mol. The molecule has 0 aromatic heterocycles. The van der Waals surface area contributed by atoms with E-state index in [0.29, 0.717) is 35.6 Å². The monoisotopic (exact) mass is 348 g/mol. The fraction of sp³-hybridized carbons (Fsp3) is 0.500. The Morgan fingerprint density at radius 2 is 2.00 bits per heavy atom. The van der Waals surface area contributed by atoms with Crippen molar-refractivity contribution in [2.75, 3.05) is 39.9 Å². The van der Waals surface area contributed by atoms with Gasteiger partial charge in [0.1, 0.15) is 18.8 Å². The summed E-state index contributed by atoms with van der Waals surface area (Å²) in [7, 11) is 2.03. The number of ether oxygens (including phenoxy) is 2. The number of esters is 1. The zero-order chi connectivity index (χ0) is 18.3. The summed E-state index contributed by atoms with van der Waals surface area (Å²) in [5.74, 6) is -0.263. The van der Waals surface area contributed by atoms with Crippen molar-refractivity contribution in [2.24, 2.45) is 11.0 Å². The number of carbonyl (C=O) groups excluding carboxylic acids is 2. The normalized spacial score (nSPS) is 16.8. The minimum atomic E-state index is -0.311. The first-order valence-corrected chi connectivity index (χ1v) is 8.43. The van der Waals surface area contributed by atoms with E-state index in [1.54, 1.807) is 32.0 Å². The van der Waals surface area contributed by atoms with Gasteiger partial charge in [-0.2, -0.15) is 5.10 Å². The molecule has 0 spiro atoms. The number of nitrogens with zero attached hydrogens (tertiary/aromatic N) is 2. The summed E-state index contributed by atoms with van der Waals surface area (Å²) >= 11 is 0. The van der Waals surface area contributed by atoms with Crippen molar-refractivity contribution >= 4 is 18.1 Å². The third-order valence-electron chi connectivity index (χ3n) is 4.07. The number of morpholine rings is 1. The van der Waals surface area contributed by atoms with Crippen LogP contribution in [0.1, 0.15) is 19.4 Å². The van der Waals surface area contributed by atoms with Crippen LogP contribution in [-0.4, -0.2) is 62.5 Å². The van der Waals surface area contributed by atoms with Crippen LogP contribution < -0.4 is 10.2 Å². The molecule has 25 heavy (non-hydrogen) atoms. The topological polar surface area (TPSA) is 77.0 Å². The number of rotatable bonds is 6. The number of quaternary nitrogens is 1. The molecule has 1 N–H and O–H groups in total. The molecule has 0 bridgehead atoms. The third-order valence-corrected chi connectivity index (χ3v) is 4.07. The molecule has 1 amide bonds. The second-order valence-electron chi connectivity index (χ2n) is 6.74. The van der Waals surface area contributed by atoms with Crippen LogP contribution in [0.25, 0.3) is 0 Å². The molecule has 1 heterocycles. The second-order valence-corrected chi connectivity index (χ2v) is 6.74. The van der Waals surface area contributed by atoms with Crippen LogP contribution in [0.2, 0.25) is 0 Å². The van der Waals surface area contributed by atoms with Crippen molar-refractivity contribution in [3.05, 3.63) is 29.8 Å². The maximum Gasteiger partial charge on any atom is 0.313 e. The van der Waals surface area contributed by atoms with Gasteiger partial charge in [-0.1, -0.05) is 26.0 Å². The lowest BCUT2D eigenvalue weighted by atomic mass is 10.2. The maximum absolute atomic E-state index is 12.1. The Morgan fingerprint density at radius 1 is 1.32 bits per heavy atom. The van der Waals surface area contributed by atoms with E-state index in [2.05, 4.69) is 10.5 Å². The number of para-hydroxylation sites is 1. The predicted octanol–water partition coefficient (Wildman–Crippen LogP) is 1.17. The van der Waals surface area contributed by atoms with Gasteiger partial charge in [-0.3, -0.25) is 9.59 Å². The standard InChI is InChI=1S/C18H25N3O4/c1-14(2)18(23)25-16-7-5-4-6-15(16)12-19-20-17(22)13-21(3)8-10-24-11-9-21/h4-7,12,14H,8-11,13H2,1-3H3/p+1. The summed E-state index contributed by atoms with van der Waals surface area (Å²) in [6.07, 6.45) is 1.49. The number of amides is 1. The van der Waals surface area contributed by atoms with Crippen molar-refractivity contribution in [3.8, 4) is 5.75 Å². The molecule has 0 saturated carbocycles. The molecule has 1 aromatic rings. The van der Waals surface area contributed by atoms with E-state index in [4.69, 9.17) is 9.47 Å². The van der Waals surface area contributed by atoms with Gasteiger partial charge in [0.15, 0.2) is 6.54 Å². The Kier molecular flexibility index (Phi) is 6.66. The molecule has 0 aliphatic carbocycles. The molecule has 7 nitrogen and oxygen atoms in total. The van der Waals surface area contributed by atoms with Gasteiger partial charge in [0, 0.05) is 5.56 Å². The van der Waals surface area contributed by atoms with Crippen molar-refractivity contribution in [1.29, 1.82) is 0 Å². The van der Waals surface area contributed by atoms with Crippen LogP contribution in [0.15, 0.2) is 29.4 Å². The number of likely N-dealkylation sites (N-methyl/N-ethyl adjacent to an activating group) is 1. The lowest BCUT2D eigenvalue weighted by Crippen LogP contribution is -2.55. The minimum Gasteiger partial charge on any atom is -0.426 e. The summed E-state index contributed by atoms with van der Waals surface area (Å²) < 4.78 is 11.3. The van der Waals surface area contributed by atoms with Gasteiger partial charge in [0.2, 0.25) is 0 Å². The fourth-order valence-corrected chi connectivity index (χ4v) is 2.40.